The maximum atomic E-state index is 11.9. The van der Waals surface area contributed by atoms with Crippen molar-refractivity contribution in [2.75, 3.05) is 11.4 Å². The first-order valence-electron chi connectivity index (χ1n) is 5.41. The van der Waals surface area contributed by atoms with Crippen molar-refractivity contribution in [3.8, 4) is 0 Å². The van der Waals surface area contributed by atoms with Gasteiger partial charge in [-0.15, -0.1) is 0 Å². The van der Waals surface area contributed by atoms with E-state index in [1.54, 1.807) is 0 Å². The van der Waals surface area contributed by atoms with Crippen molar-refractivity contribution in [3.05, 3.63) is 28.7 Å². The van der Waals surface area contributed by atoms with Gasteiger partial charge in [-0.05, 0) is 37.7 Å². The first-order valence-corrected chi connectivity index (χ1v) is 6.20. The second-order valence-electron chi connectivity index (χ2n) is 4.18. The van der Waals surface area contributed by atoms with Crippen LogP contribution < -0.4 is 10.6 Å². The monoisotopic (exact) mass is 282 g/mol. The molecule has 1 saturated heterocycles. The van der Waals surface area contributed by atoms with Crippen molar-refractivity contribution in [3.63, 3.8) is 0 Å². The Morgan fingerprint density at radius 1 is 1.44 bits per heavy atom. The summed E-state index contributed by atoms with van der Waals surface area (Å²) in [5, 5.41) is 0. The van der Waals surface area contributed by atoms with Crippen molar-refractivity contribution in [1.82, 2.24) is 0 Å². The van der Waals surface area contributed by atoms with Gasteiger partial charge in [0, 0.05) is 28.5 Å². The van der Waals surface area contributed by atoms with E-state index < -0.39 is 0 Å². The van der Waals surface area contributed by atoms with Crippen LogP contribution in [0.3, 0.4) is 0 Å². The molecular weight excluding hydrogens is 268 g/mol. The normalized spacial score (nSPS) is 25.2. The molecule has 1 aliphatic rings. The fraction of sp³-hybridized carbons (Fsp3) is 0.417. The highest BCUT2D eigenvalue weighted by Gasteiger charge is 2.36. The van der Waals surface area contributed by atoms with Crippen LogP contribution in [0, 0.1) is 5.92 Å². The topological polar surface area (TPSA) is 46.3 Å². The maximum Gasteiger partial charge on any atom is 0.227 e. The van der Waals surface area contributed by atoms with E-state index in [1.807, 2.05) is 29.2 Å². The highest BCUT2D eigenvalue weighted by atomic mass is 79.9. The van der Waals surface area contributed by atoms with Gasteiger partial charge < -0.3 is 10.6 Å². The van der Waals surface area contributed by atoms with Gasteiger partial charge in [0.05, 0.1) is 0 Å². The predicted molar refractivity (Wildman–Crippen MR) is 68.3 cm³/mol. The van der Waals surface area contributed by atoms with E-state index in [-0.39, 0.29) is 17.9 Å². The van der Waals surface area contributed by atoms with Gasteiger partial charge in [0.2, 0.25) is 5.91 Å². The van der Waals surface area contributed by atoms with Gasteiger partial charge in [-0.3, -0.25) is 4.79 Å². The minimum Gasteiger partial charge on any atom is -0.330 e. The van der Waals surface area contributed by atoms with Gasteiger partial charge in [0.15, 0.2) is 0 Å². The third-order valence-electron chi connectivity index (χ3n) is 3.20. The highest BCUT2D eigenvalue weighted by molar-refractivity contribution is 9.10. The standard InChI is InChI=1S/C12H15BrN2O/c1-8-9(7-14)6-12(16)15(8)11-4-2-10(13)3-5-11/h2-5,8-9H,6-7,14H2,1H3. The zero-order valence-electron chi connectivity index (χ0n) is 9.19. The summed E-state index contributed by atoms with van der Waals surface area (Å²) in [6, 6.07) is 8.00. The quantitative estimate of drug-likeness (QED) is 0.904. The number of rotatable bonds is 2. The lowest BCUT2D eigenvalue weighted by Gasteiger charge is -2.24. The molecule has 0 radical (unpaired) electrons. The van der Waals surface area contributed by atoms with Gasteiger partial charge in [0.25, 0.3) is 0 Å². The second kappa shape index (κ2) is 4.55. The van der Waals surface area contributed by atoms with Gasteiger partial charge >= 0.3 is 0 Å². The molecule has 2 rings (SSSR count). The number of hydrogen-bond acceptors (Lipinski definition) is 2. The number of nitrogens with two attached hydrogens (primary N) is 1. The maximum absolute atomic E-state index is 11.9. The van der Waals surface area contributed by atoms with E-state index >= 15 is 0 Å². The second-order valence-corrected chi connectivity index (χ2v) is 5.10. The summed E-state index contributed by atoms with van der Waals surface area (Å²) in [4.78, 5) is 13.7. The first kappa shape index (κ1) is 11.6. The van der Waals surface area contributed by atoms with Crippen LogP contribution in [0.25, 0.3) is 0 Å². The lowest BCUT2D eigenvalue weighted by atomic mass is 10.0. The number of anilines is 1. The number of benzene rings is 1. The van der Waals surface area contributed by atoms with Crippen LogP contribution >= 0.6 is 15.9 Å². The zero-order chi connectivity index (χ0) is 11.7. The Morgan fingerprint density at radius 2 is 2.06 bits per heavy atom. The molecule has 2 N–H and O–H groups in total. The molecule has 3 nitrogen and oxygen atoms in total. The van der Waals surface area contributed by atoms with Gasteiger partial charge in [-0.25, -0.2) is 0 Å². The van der Waals surface area contributed by atoms with Crippen molar-refractivity contribution < 1.29 is 4.79 Å². The van der Waals surface area contributed by atoms with Crippen LogP contribution in [0.1, 0.15) is 13.3 Å². The molecule has 1 fully saturated rings. The van der Waals surface area contributed by atoms with Crippen molar-refractivity contribution in [1.29, 1.82) is 0 Å². The van der Waals surface area contributed by atoms with Crippen LogP contribution in [-0.4, -0.2) is 18.5 Å². The predicted octanol–water partition coefficient (Wildman–Crippen LogP) is 2.15. The number of halogens is 1. The molecule has 1 heterocycles. The minimum atomic E-state index is 0.172. The van der Waals surface area contributed by atoms with Crippen LogP contribution in [0.4, 0.5) is 5.69 Å². The third-order valence-corrected chi connectivity index (χ3v) is 3.73. The molecule has 0 saturated carbocycles. The summed E-state index contributed by atoms with van der Waals surface area (Å²) in [5.41, 5.74) is 6.62. The Hall–Kier alpha value is -0.870. The molecule has 0 aromatic heterocycles. The minimum absolute atomic E-state index is 0.172. The fourth-order valence-corrected chi connectivity index (χ4v) is 2.46. The zero-order valence-corrected chi connectivity index (χ0v) is 10.8. The molecule has 2 unspecified atom stereocenters. The molecule has 2 atom stereocenters. The average molecular weight is 283 g/mol. The molecule has 1 aromatic carbocycles. The smallest absolute Gasteiger partial charge is 0.227 e. The van der Waals surface area contributed by atoms with Crippen LogP contribution in [0.15, 0.2) is 28.7 Å². The Balaban J connectivity index is 2.27. The van der Waals surface area contributed by atoms with E-state index in [0.29, 0.717) is 13.0 Å². The van der Waals surface area contributed by atoms with Crippen molar-refractivity contribution in [2.45, 2.75) is 19.4 Å². The van der Waals surface area contributed by atoms with Crippen LogP contribution in [0.5, 0.6) is 0 Å². The molecule has 1 aliphatic heterocycles. The van der Waals surface area contributed by atoms with E-state index in [9.17, 15) is 4.79 Å². The Morgan fingerprint density at radius 3 is 2.56 bits per heavy atom. The molecule has 0 aliphatic carbocycles. The largest absolute Gasteiger partial charge is 0.330 e. The highest BCUT2D eigenvalue weighted by Crippen LogP contribution is 2.30. The third kappa shape index (κ3) is 1.99. The first-order chi connectivity index (χ1) is 7.63. The molecule has 86 valence electrons. The van der Waals surface area contributed by atoms with E-state index in [2.05, 4.69) is 22.9 Å². The van der Waals surface area contributed by atoms with Crippen LogP contribution in [0.2, 0.25) is 0 Å². The van der Waals surface area contributed by atoms with Gasteiger partial charge in [-0.2, -0.15) is 0 Å². The average Bonchev–Trinajstić information content (AvgIpc) is 2.56. The summed E-state index contributed by atoms with van der Waals surface area (Å²) in [7, 11) is 0. The molecule has 4 heteroatoms. The Bertz CT molecular complexity index is 391. The van der Waals surface area contributed by atoms with E-state index in [4.69, 9.17) is 5.73 Å². The number of nitrogens with zero attached hydrogens (tertiary/aromatic N) is 1. The Kier molecular flexibility index (Phi) is 3.30. The summed E-state index contributed by atoms with van der Waals surface area (Å²) < 4.78 is 1.02. The Labute approximate surface area is 104 Å². The number of hydrogen-bond donors (Lipinski definition) is 1. The lowest BCUT2D eigenvalue weighted by molar-refractivity contribution is -0.117. The summed E-state index contributed by atoms with van der Waals surface area (Å²) in [6.07, 6.45) is 0.563. The van der Waals surface area contributed by atoms with Crippen molar-refractivity contribution >= 4 is 27.5 Å². The summed E-state index contributed by atoms with van der Waals surface area (Å²) in [6.45, 7) is 2.63. The molecule has 0 bridgehead atoms. The molecular formula is C12H15BrN2O. The fourth-order valence-electron chi connectivity index (χ4n) is 2.19. The number of carbonyl (C=O) groups excluding carboxylic acids is 1. The van der Waals surface area contributed by atoms with Gasteiger partial charge in [-0.1, -0.05) is 15.9 Å². The molecule has 16 heavy (non-hydrogen) atoms. The molecule has 1 aromatic rings. The van der Waals surface area contributed by atoms with E-state index in [0.717, 1.165) is 10.2 Å². The van der Waals surface area contributed by atoms with Gasteiger partial charge in [0.1, 0.15) is 0 Å². The lowest BCUT2D eigenvalue weighted by Crippen LogP contribution is -2.34. The molecule has 0 spiro atoms. The van der Waals surface area contributed by atoms with Crippen molar-refractivity contribution in [2.24, 2.45) is 11.7 Å². The molecule has 1 amide bonds. The number of amides is 1. The SMILES string of the molecule is CC1C(CN)CC(=O)N1c1ccc(Br)cc1. The summed E-state index contributed by atoms with van der Waals surface area (Å²) in [5.74, 6) is 0.446. The van der Waals surface area contributed by atoms with Crippen LogP contribution in [-0.2, 0) is 4.79 Å². The summed E-state index contributed by atoms with van der Waals surface area (Å²) >= 11 is 3.39. The van der Waals surface area contributed by atoms with E-state index in [1.165, 1.54) is 0 Å². The number of carbonyl (C=O) groups is 1.